The van der Waals surface area contributed by atoms with Crippen LogP contribution < -0.4 is 5.73 Å². The van der Waals surface area contributed by atoms with Crippen LogP contribution in [0.2, 0.25) is 0 Å². The number of nitrogens with two attached hydrogens (primary N) is 1. The first-order valence-corrected chi connectivity index (χ1v) is 8.20. The predicted molar refractivity (Wildman–Crippen MR) is 92.6 cm³/mol. The van der Waals surface area contributed by atoms with Crippen LogP contribution in [0, 0.1) is 11.8 Å². The van der Waals surface area contributed by atoms with Crippen molar-refractivity contribution in [1.29, 1.82) is 0 Å². The number of hydrogen-bond acceptors (Lipinski definition) is 3. The summed E-state index contributed by atoms with van der Waals surface area (Å²) < 4.78 is 0. The summed E-state index contributed by atoms with van der Waals surface area (Å²) in [5.74, 6) is 2.03. The zero-order valence-electron chi connectivity index (χ0n) is 14.3. The fourth-order valence-corrected chi connectivity index (χ4v) is 3.12. The molecule has 3 nitrogen and oxygen atoms in total. The highest BCUT2D eigenvalue weighted by molar-refractivity contribution is 5.98. The average molecular weight is 289 g/mol. The van der Waals surface area contributed by atoms with Gasteiger partial charge in [0.1, 0.15) is 5.84 Å². The third-order valence-corrected chi connectivity index (χ3v) is 4.29. The number of amidine groups is 1. The highest BCUT2D eigenvalue weighted by Gasteiger charge is 2.29. The first kappa shape index (κ1) is 17.5. The molecule has 1 aliphatic carbocycles. The molecule has 0 aromatic heterocycles. The van der Waals surface area contributed by atoms with Gasteiger partial charge in [0, 0.05) is 18.1 Å². The Morgan fingerprint density at radius 3 is 2.57 bits per heavy atom. The van der Waals surface area contributed by atoms with E-state index in [1.165, 1.54) is 37.0 Å². The summed E-state index contributed by atoms with van der Waals surface area (Å²) in [5.41, 5.74) is 9.37. The van der Waals surface area contributed by atoms with E-state index in [0.29, 0.717) is 11.8 Å². The number of rotatable bonds is 3. The van der Waals surface area contributed by atoms with Crippen LogP contribution >= 0.6 is 0 Å². The summed E-state index contributed by atoms with van der Waals surface area (Å²) in [5, 5.41) is 0. The molecule has 1 fully saturated rings. The molecule has 21 heavy (non-hydrogen) atoms. The molecule has 0 aromatic rings. The number of aliphatic imine (C=N–C) groups is 1. The molecule has 0 saturated heterocycles. The number of nitrogens with zero attached hydrogens (tertiary/aromatic N) is 2. The summed E-state index contributed by atoms with van der Waals surface area (Å²) in [6, 6.07) is 0. The molecule has 0 spiro atoms. The van der Waals surface area contributed by atoms with Crippen LogP contribution in [-0.2, 0) is 0 Å². The Morgan fingerprint density at radius 2 is 2.05 bits per heavy atom. The maximum Gasteiger partial charge on any atom is 0.147 e. The Morgan fingerprint density at radius 1 is 1.38 bits per heavy atom. The summed E-state index contributed by atoms with van der Waals surface area (Å²) in [6.07, 6.45) is 8.85. The number of hydrogen-bond donors (Lipinski definition) is 1. The van der Waals surface area contributed by atoms with Gasteiger partial charge in [-0.05, 0) is 50.5 Å². The van der Waals surface area contributed by atoms with Gasteiger partial charge >= 0.3 is 0 Å². The molecule has 3 heteroatoms. The van der Waals surface area contributed by atoms with Crippen molar-refractivity contribution in [3.05, 3.63) is 35.9 Å². The standard InChI is InChI=1S/C16H25N3.C2H6/c1-5-13-6-7-14(10-13)12(4)19-9-8-18-16(17)15(19)11(2)3;1-2/h8-9,13-14H,4-7,10H2,1-3H3,(H2,17,18);1-2H3. The van der Waals surface area contributed by atoms with E-state index >= 15 is 0 Å². The van der Waals surface area contributed by atoms with Gasteiger partial charge < -0.3 is 10.6 Å². The molecular formula is C18H31N3. The molecule has 0 amide bonds. The summed E-state index contributed by atoms with van der Waals surface area (Å²) in [6.45, 7) is 14.7. The molecule has 2 unspecified atom stereocenters. The van der Waals surface area contributed by atoms with Crippen molar-refractivity contribution >= 4 is 5.84 Å². The molecule has 2 aliphatic rings. The highest BCUT2D eigenvalue weighted by Crippen LogP contribution is 2.39. The van der Waals surface area contributed by atoms with E-state index in [1.54, 1.807) is 6.20 Å². The first-order valence-electron chi connectivity index (χ1n) is 8.20. The smallest absolute Gasteiger partial charge is 0.147 e. The van der Waals surface area contributed by atoms with Gasteiger partial charge in [-0.1, -0.05) is 33.8 Å². The van der Waals surface area contributed by atoms with Crippen LogP contribution in [0.3, 0.4) is 0 Å². The lowest BCUT2D eigenvalue weighted by Gasteiger charge is -2.31. The predicted octanol–water partition coefficient (Wildman–Crippen LogP) is 4.79. The van der Waals surface area contributed by atoms with E-state index in [4.69, 9.17) is 5.73 Å². The van der Waals surface area contributed by atoms with Crippen molar-refractivity contribution < 1.29 is 0 Å². The van der Waals surface area contributed by atoms with E-state index < -0.39 is 0 Å². The Bertz CT molecular complexity index is 453. The van der Waals surface area contributed by atoms with E-state index in [1.807, 2.05) is 20.0 Å². The van der Waals surface area contributed by atoms with Gasteiger partial charge in [-0.2, -0.15) is 0 Å². The first-order chi connectivity index (χ1) is 10.0. The van der Waals surface area contributed by atoms with Gasteiger partial charge in [-0.15, -0.1) is 0 Å². The summed E-state index contributed by atoms with van der Waals surface area (Å²) >= 11 is 0. The van der Waals surface area contributed by atoms with Crippen molar-refractivity contribution in [1.82, 2.24) is 4.90 Å². The lowest BCUT2D eigenvalue weighted by molar-refractivity contribution is 0.445. The van der Waals surface area contributed by atoms with Gasteiger partial charge in [0.25, 0.3) is 0 Å². The van der Waals surface area contributed by atoms with Gasteiger partial charge in [0.15, 0.2) is 0 Å². The second-order valence-electron chi connectivity index (χ2n) is 5.81. The van der Waals surface area contributed by atoms with Crippen LogP contribution in [-0.4, -0.2) is 10.7 Å². The molecule has 1 heterocycles. The van der Waals surface area contributed by atoms with Crippen LogP contribution in [0.15, 0.2) is 40.9 Å². The van der Waals surface area contributed by atoms with Crippen molar-refractivity contribution in [2.45, 2.75) is 60.3 Å². The van der Waals surface area contributed by atoms with Gasteiger partial charge in [-0.25, -0.2) is 4.99 Å². The molecule has 2 rings (SSSR count). The molecule has 2 N–H and O–H groups in total. The lowest BCUT2D eigenvalue weighted by Crippen LogP contribution is -2.32. The second-order valence-corrected chi connectivity index (χ2v) is 5.81. The van der Waals surface area contributed by atoms with Crippen LogP contribution in [0.5, 0.6) is 0 Å². The molecule has 0 aromatic carbocycles. The van der Waals surface area contributed by atoms with Crippen molar-refractivity contribution in [2.75, 3.05) is 0 Å². The van der Waals surface area contributed by atoms with E-state index in [-0.39, 0.29) is 0 Å². The largest absolute Gasteiger partial charge is 0.382 e. The zero-order chi connectivity index (χ0) is 16.0. The fourth-order valence-electron chi connectivity index (χ4n) is 3.12. The Kier molecular flexibility index (Phi) is 6.73. The van der Waals surface area contributed by atoms with E-state index in [9.17, 15) is 0 Å². The Hall–Kier alpha value is -1.51. The van der Waals surface area contributed by atoms with Crippen LogP contribution in [0.1, 0.15) is 60.3 Å². The van der Waals surface area contributed by atoms with Gasteiger partial charge in [0.05, 0.1) is 5.70 Å². The highest BCUT2D eigenvalue weighted by atomic mass is 15.2. The molecule has 2 atom stereocenters. The minimum atomic E-state index is 0.579. The Balaban J connectivity index is 0.00000106. The van der Waals surface area contributed by atoms with E-state index in [2.05, 4.69) is 37.2 Å². The molecule has 0 bridgehead atoms. The maximum absolute atomic E-state index is 6.02. The molecule has 0 radical (unpaired) electrons. The van der Waals surface area contributed by atoms with Gasteiger partial charge in [0.2, 0.25) is 0 Å². The van der Waals surface area contributed by atoms with Crippen LogP contribution in [0.4, 0.5) is 0 Å². The molecule has 1 aliphatic heterocycles. The SMILES string of the molecule is C=C(C1CCC(CC)C1)N1C=CN=C(N)C1=C(C)C.CC. The van der Waals surface area contributed by atoms with Crippen molar-refractivity contribution in [3.8, 4) is 0 Å². The van der Waals surface area contributed by atoms with E-state index in [0.717, 1.165) is 11.6 Å². The quantitative estimate of drug-likeness (QED) is 0.811. The lowest BCUT2D eigenvalue weighted by atomic mass is 9.99. The molecule has 118 valence electrons. The normalized spacial score (nSPS) is 24.3. The third kappa shape index (κ3) is 3.99. The second kappa shape index (κ2) is 8.06. The monoisotopic (exact) mass is 289 g/mol. The average Bonchev–Trinajstić information content (AvgIpc) is 2.97. The van der Waals surface area contributed by atoms with Crippen LogP contribution in [0.25, 0.3) is 0 Å². The Labute approximate surface area is 130 Å². The molecular weight excluding hydrogens is 258 g/mol. The third-order valence-electron chi connectivity index (χ3n) is 4.29. The number of allylic oxidation sites excluding steroid dienone is 2. The summed E-state index contributed by atoms with van der Waals surface area (Å²) in [7, 11) is 0. The zero-order valence-corrected chi connectivity index (χ0v) is 14.3. The fraction of sp³-hybridized carbons (Fsp3) is 0.611. The van der Waals surface area contributed by atoms with Crippen molar-refractivity contribution in [3.63, 3.8) is 0 Å². The summed E-state index contributed by atoms with van der Waals surface area (Å²) in [4.78, 5) is 6.34. The van der Waals surface area contributed by atoms with Crippen molar-refractivity contribution in [2.24, 2.45) is 22.6 Å². The minimum absolute atomic E-state index is 0.579. The topological polar surface area (TPSA) is 41.6 Å². The maximum atomic E-state index is 6.02. The van der Waals surface area contributed by atoms with Gasteiger partial charge in [-0.3, -0.25) is 0 Å². The molecule has 1 saturated carbocycles. The minimum Gasteiger partial charge on any atom is -0.382 e.